The zero-order chi connectivity index (χ0) is 24.3. The van der Waals surface area contributed by atoms with Gasteiger partial charge in [-0.1, -0.05) is 13.8 Å². The van der Waals surface area contributed by atoms with Gasteiger partial charge in [-0.25, -0.2) is 4.79 Å². The van der Waals surface area contributed by atoms with Crippen LogP contribution in [0.15, 0.2) is 0 Å². The van der Waals surface area contributed by atoms with Crippen LogP contribution in [-0.2, 0) is 19.1 Å². The van der Waals surface area contributed by atoms with Crippen molar-refractivity contribution in [3.8, 4) is 0 Å². The van der Waals surface area contributed by atoms with Crippen molar-refractivity contribution in [1.29, 1.82) is 0 Å². The second-order valence-corrected chi connectivity index (χ2v) is 11.9. The molecular formula is C26H41N3O5. The molecule has 4 aliphatic carbocycles. The number of carbonyl (C=O) groups is 4. The van der Waals surface area contributed by atoms with E-state index in [0.29, 0.717) is 37.6 Å². The minimum atomic E-state index is -0.973. The first-order chi connectivity index (χ1) is 16.2. The summed E-state index contributed by atoms with van der Waals surface area (Å²) >= 11 is 0. The SMILES string of the molecule is CC(C)C[C@H](OC(=O)NCCC12CC3CC(CC(C3)C1)C2)C(=O)N[C@H](C=O)C[C@@H]1CCNC1=O. The maximum Gasteiger partial charge on any atom is 0.407 e. The second kappa shape index (κ2) is 10.6. The van der Waals surface area contributed by atoms with Gasteiger partial charge in [-0.15, -0.1) is 0 Å². The third kappa shape index (κ3) is 6.11. The molecule has 8 heteroatoms. The van der Waals surface area contributed by atoms with Crippen molar-refractivity contribution < 1.29 is 23.9 Å². The highest BCUT2D eigenvalue weighted by Gasteiger charge is 2.50. The maximum absolute atomic E-state index is 12.9. The molecule has 5 aliphatic rings. The molecule has 0 unspecified atom stereocenters. The van der Waals surface area contributed by atoms with Crippen molar-refractivity contribution in [2.24, 2.45) is 35.0 Å². The molecule has 34 heavy (non-hydrogen) atoms. The molecule has 3 N–H and O–H groups in total. The van der Waals surface area contributed by atoms with Crippen LogP contribution in [0.2, 0.25) is 0 Å². The van der Waals surface area contributed by atoms with Gasteiger partial charge >= 0.3 is 6.09 Å². The Balaban J connectivity index is 1.25. The number of alkyl carbamates (subject to hydrolysis) is 1. The summed E-state index contributed by atoms with van der Waals surface area (Å²) in [5, 5.41) is 8.31. The minimum absolute atomic E-state index is 0.0884. The average molecular weight is 476 g/mol. The Kier molecular flexibility index (Phi) is 7.83. The summed E-state index contributed by atoms with van der Waals surface area (Å²) in [6.07, 6.45) is 9.41. The Morgan fingerprint density at radius 2 is 1.79 bits per heavy atom. The molecule has 1 aliphatic heterocycles. The molecule has 5 fully saturated rings. The van der Waals surface area contributed by atoms with Crippen LogP contribution < -0.4 is 16.0 Å². The largest absolute Gasteiger partial charge is 0.436 e. The summed E-state index contributed by atoms with van der Waals surface area (Å²) in [6.45, 7) is 5.06. The van der Waals surface area contributed by atoms with E-state index in [-0.39, 0.29) is 24.2 Å². The molecule has 1 saturated heterocycles. The Hall–Kier alpha value is -2.12. The number of rotatable bonds is 11. The third-order valence-corrected chi connectivity index (χ3v) is 8.51. The molecular weight excluding hydrogens is 434 g/mol. The van der Waals surface area contributed by atoms with Gasteiger partial charge in [0.2, 0.25) is 5.91 Å². The highest BCUT2D eigenvalue weighted by molar-refractivity contribution is 5.86. The lowest BCUT2D eigenvalue weighted by atomic mass is 9.49. The summed E-state index contributed by atoms with van der Waals surface area (Å²) in [6, 6.07) is -0.779. The summed E-state index contributed by atoms with van der Waals surface area (Å²) in [7, 11) is 0. The van der Waals surface area contributed by atoms with Crippen LogP contribution in [0.25, 0.3) is 0 Å². The van der Waals surface area contributed by atoms with Crippen LogP contribution in [0, 0.1) is 35.0 Å². The molecule has 1 heterocycles. The summed E-state index contributed by atoms with van der Waals surface area (Å²) < 4.78 is 5.52. The molecule has 8 nitrogen and oxygen atoms in total. The topological polar surface area (TPSA) is 114 Å². The first-order valence-electron chi connectivity index (χ1n) is 13.2. The number of carbonyl (C=O) groups excluding carboxylic acids is 4. The van der Waals surface area contributed by atoms with Crippen LogP contribution >= 0.6 is 0 Å². The Morgan fingerprint density at radius 1 is 1.15 bits per heavy atom. The molecule has 0 radical (unpaired) electrons. The van der Waals surface area contributed by atoms with E-state index in [0.717, 1.165) is 24.2 Å². The smallest absolute Gasteiger partial charge is 0.407 e. The maximum atomic E-state index is 12.9. The minimum Gasteiger partial charge on any atom is -0.436 e. The number of nitrogens with one attached hydrogen (secondary N) is 3. The lowest BCUT2D eigenvalue weighted by Crippen LogP contribution is -2.48. The Labute approximate surface area is 202 Å². The zero-order valence-electron chi connectivity index (χ0n) is 20.6. The van der Waals surface area contributed by atoms with Gasteiger partial charge in [0.1, 0.15) is 6.29 Å². The van der Waals surface area contributed by atoms with Crippen molar-refractivity contribution in [2.75, 3.05) is 13.1 Å². The molecule has 0 aromatic heterocycles. The lowest BCUT2D eigenvalue weighted by Gasteiger charge is -2.57. The van der Waals surface area contributed by atoms with Crippen LogP contribution in [-0.4, -0.2) is 49.4 Å². The van der Waals surface area contributed by atoms with Crippen molar-refractivity contribution >= 4 is 24.2 Å². The van der Waals surface area contributed by atoms with Crippen LogP contribution in [0.1, 0.15) is 78.1 Å². The van der Waals surface area contributed by atoms with E-state index in [1.807, 2.05) is 13.8 Å². The van der Waals surface area contributed by atoms with Crippen molar-refractivity contribution in [1.82, 2.24) is 16.0 Å². The first-order valence-corrected chi connectivity index (χ1v) is 13.2. The summed E-state index contributed by atoms with van der Waals surface area (Å²) in [5.74, 6) is 1.89. The quantitative estimate of drug-likeness (QED) is 0.398. The van der Waals surface area contributed by atoms with Gasteiger partial charge < -0.3 is 25.5 Å². The van der Waals surface area contributed by atoms with E-state index in [1.54, 1.807) is 0 Å². The molecule has 4 saturated carbocycles. The lowest BCUT2D eigenvalue weighted by molar-refractivity contribution is -0.133. The van der Waals surface area contributed by atoms with Gasteiger partial charge in [-0.2, -0.15) is 0 Å². The van der Waals surface area contributed by atoms with Crippen molar-refractivity contribution in [3.63, 3.8) is 0 Å². The van der Waals surface area contributed by atoms with Gasteiger partial charge in [0, 0.05) is 19.0 Å². The summed E-state index contributed by atoms with van der Waals surface area (Å²) in [5.41, 5.74) is 0.375. The summed E-state index contributed by atoms with van der Waals surface area (Å²) in [4.78, 5) is 48.8. The van der Waals surface area contributed by atoms with Gasteiger partial charge in [0.05, 0.1) is 6.04 Å². The van der Waals surface area contributed by atoms with Crippen LogP contribution in [0.3, 0.4) is 0 Å². The molecule has 0 spiro atoms. The normalized spacial score (nSPS) is 33.3. The Morgan fingerprint density at radius 3 is 2.32 bits per heavy atom. The Bertz CT molecular complexity index is 747. The number of hydrogen-bond acceptors (Lipinski definition) is 5. The number of hydrogen-bond donors (Lipinski definition) is 3. The molecule has 3 amide bonds. The van der Waals surface area contributed by atoms with E-state index in [4.69, 9.17) is 4.74 Å². The van der Waals surface area contributed by atoms with E-state index < -0.39 is 24.1 Å². The van der Waals surface area contributed by atoms with E-state index >= 15 is 0 Å². The molecule has 3 atom stereocenters. The van der Waals surface area contributed by atoms with Crippen LogP contribution in [0.5, 0.6) is 0 Å². The fourth-order valence-corrected chi connectivity index (χ4v) is 7.43. The van der Waals surface area contributed by atoms with Gasteiger partial charge in [-0.3, -0.25) is 9.59 Å². The molecule has 5 rings (SSSR count). The third-order valence-electron chi connectivity index (χ3n) is 8.51. The van der Waals surface area contributed by atoms with Crippen molar-refractivity contribution in [3.05, 3.63) is 0 Å². The number of ether oxygens (including phenoxy) is 1. The van der Waals surface area contributed by atoms with E-state index in [1.165, 1.54) is 38.5 Å². The van der Waals surface area contributed by atoms with Gasteiger partial charge in [-0.05, 0) is 93.3 Å². The van der Waals surface area contributed by atoms with E-state index in [9.17, 15) is 19.2 Å². The number of aldehydes is 1. The molecule has 0 aromatic carbocycles. The fraction of sp³-hybridized carbons (Fsp3) is 0.846. The standard InChI is InChI=1S/C26H41N3O5/c1-16(2)7-22(24(32)29-21(15-30)11-20-3-5-27-23(20)31)34-25(33)28-6-4-26-12-17-8-18(13-26)10-19(9-17)14-26/h15-22H,3-14H2,1-2H3,(H,27,31)(H,28,33)(H,29,32)/t17?,18?,19?,20-,21-,22-,26?/m0/s1. The molecule has 4 bridgehead atoms. The fourth-order valence-electron chi connectivity index (χ4n) is 7.43. The number of amides is 3. The van der Waals surface area contributed by atoms with E-state index in [2.05, 4.69) is 16.0 Å². The molecule has 0 aromatic rings. The average Bonchev–Trinajstić information content (AvgIpc) is 3.15. The highest BCUT2D eigenvalue weighted by atomic mass is 16.6. The van der Waals surface area contributed by atoms with Gasteiger partial charge in [0.15, 0.2) is 6.10 Å². The first kappa shape index (κ1) is 25.0. The van der Waals surface area contributed by atoms with Crippen molar-refractivity contribution in [2.45, 2.75) is 90.2 Å². The zero-order valence-corrected chi connectivity index (χ0v) is 20.6. The monoisotopic (exact) mass is 475 g/mol. The second-order valence-electron chi connectivity index (χ2n) is 11.9. The predicted octanol–water partition coefficient (Wildman–Crippen LogP) is 2.94. The van der Waals surface area contributed by atoms with Gasteiger partial charge in [0.25, 0.3) is 5.91 Å². The predicted molar refractivity (Wildman–Crippen MR) is 127 cm³/mol. The highest BCUT2D eigenvalue weighted by Crippen LogP contribution is 2.61. The molecule has 190 valence electrons. The van der Waals surface area contributed by atoms with Crippen LogP contribution in [0.4, 0.5) is 4.79 Å².